The zero-order chi connectivity index (χ0) is 25.1. The highest BCUT2D eigenvalue weighted by atomic mass is 79.9. The molecule has 36 heavy (non-hydrogen) atoms. The third kappa shape index (κ3) is 3.93. The molecule has 0 saturated carbocycles. The third-order valence-electron chi connectivity index (χ3n) is 5.79. The predicted octanol–water partition coefficient (Wildman–Crippen LogP) is 6.01. The molecule has 1 amide bonds. The van der Waals surface area contributed by atoms with Gasteiger partial charge in [0.25, 0.3) is 11.5 Å². The summed E-state index contributed by atoms with van der Waals surface area (Å²) in [5, 5.41) is 5.86. The van der Waals surface area contributed by atoms with Crippen molar-refractivity contribution >= 4 is 84.2 Å². The van der Waals surface area contributed by atoms with E-state index in [0.717, 1.165) is 27.1 Å². The number of benzene rings is 3. The summed E-state index contributed by atoms with van der Waals surface area (Å²) < 4.78 is 2.29. The Morgan fingerprint density at radius 2 is 1.64 bits per heavy atom. The Hall–Kier alpha value is -2.75. The number of amides is 1. The maximum absolute atomic E-state index is 13.7. The van der Waals surface area contributed by atoms with Crippen molar-refractivity contribution < 1.29 is 4.79 Å². The first-order valence-corrected chi connectivity index (χ1v) is 13.3. The van der Waals surface area contributed by atoms with Gasteiger partial charge in [0.05, 0.1) is 22.8 Å². The summed E-state index contributed by atoms with van der Waals surface area (Å²) in [5.74, 6) is 0.0439. The standard InChI is InChI=1S/C25H12BrCl3N4O2S/c26-13-3-8-19-17(9-13)20(23(34)32(19)11-12-1-4-14(27)5-2-12)21-24(35)33-25(36-21)30-22(31-33)16-7-6-15(28)10-18(16)29/h1-10H,11H2/b21-20-. The molecular formula is C25H12BrCl3N4O2S. The molecule has 0 unspecified atom stereocenters. The smallest absolute Gasteiger partial charge is 0.291 e. The lowest BCUT2D eigenvalue weighted by molar-refractivity contribution is -0.113. The van der Waals surface area contributed by atoms with E-state index in [1.54, 1.807) is 35.2 Å². The second-order valence-corrected chi connectivity index (χ2v) is 11.2. The SMILES string of the molecule is O=C1/C(=c2\sc3nc(-c4ccc(Cl)cc4Cl)nn3c2=O)c2cc(Br)ccc2N1Cc1ccc(Cl)cc1. The first kappa shape index (κ1) is 23.6. The number of hydrogen-bond donors (Lipinski definition) is 0. The minimum absolute atomic E-state index is 0.263. The third-order valence-corrected chi connectivity index (χ3v) is 8.11. The fourth-order valence-electron chi connectivity index (χ4n) is 4.12. The van der Waals surface area contributed by atoms with Crippen LogP contribution in [0.1, 0.15) is 11.1 Å². The summed E-state index contributed by atoms with van der Waals surface area (Å²) in [6, 6.07) is 17.9. The molecule has 1 aliphatic rings. The molecule has 0 saturated heterocycles. The van der Waals surface area contributed by atoms with E-state index in [0.29, 0.717) is 49.1 Å². The summed E-state index contributed by atoms with van der Waals surface area (Å²) in [6.07, 6.45) is 0. The van der Waals surface area contributed by atoms with Crippen LogP contribution in [0.3, 0.4) is 0 Å². The molecule has 1 aliphatic heterocycles. The van der Waals surface area contributed by atoms with Crippen LogP contribution < -0.4 is 15.0 Å². The van der Waals surface area contributed by atoms with Gasteiger partial charge in [-0.2, -0.15) is 9.50 Å². The normalized spacial score (nSPS) is 14.7. The molecule has 11 heteroatoms. The Balaban J connectivity index is 1.50. The molecule has 0 bridgehead atoms. The first-order valence-electron chi connectivity index (χ1n) is 10.6. The largest absolute Gasteiger partial charge is 0.303 e. The van der Waals surface area contributed by atoms with Crippen LogP contribution in [0.25, 0.3) is 21.9 Å². The summed E-state index contributed by atoms with van der Waals surface area (Å²) in [5.41, 5.74) is 2.78. The molecular weight excluding hydrogens is 607 g/mol. The number of nitrogens with zero attached hydrogens (tertiary/aromatic N) is 4. The molecule has 178 valence electrons. The number of halogens is 4. The van der Waals surface area contributed by atoms with E-state index in [2.05, 4.69) is 26.0 Å². The van der Waals surface area contributed by atoms with Crippen LogP contribution in [0.15, 0.2) is 69.9 Å². The highest BCUT2D eigenvalue weighted by molar-refractivity contribution is 9.10. The van der Waals surface area contributed by atoms with Crippen molar-refractivity contribution in [3.05, 3.63) is 106 Å². The van der Waals surface area contributed by atoms with Crippen LogP contribution in [0.2, 0.25) is 15.1 Å². The molecule has 5 aromatic rings. The summed E-state index contributed by atoms with van der Waals surface area (Å²) in [7, 11) is 0. The highest BCUT2D eigenvalue weighted by Crippen LogP contribution is 2.38. The van der Waals surface area contributed by atoms with Crippen molar-refractivity contribution in [3.63, 3.8) is 0 Å². The van der Waals surface area contributed by atoms with Crippen molar-refractivity contribution in [3.8, 4) is 11.4 Å². The highest BCUT2D eigenvalue weighted by Gasteiger charge is 2.34. The van der Waals surface area contributed by atoms with E-state index in [-0.39, 0.29) is 10.4 Å². The van der Waals surface area contributed by atoms with Crippen LogP contribution >= 0.6 is 62.1 Å². The van der Waals surface area contributed by atoms with Gasteiger partial charge in [0.15, 0.2) is 5.82 Å². The van der Waals surface area contributed by atoms with Gasteiger partial charge in [0, 0.05) is 25.6 Å². The van der Waals surface area contributed by atoms with E-state index in [1.807, 2.05) is 30.3 Å². The van der Waals surface area contributed by atoms with Crippen LogP contribution in [-0.4, -0.2) is 20.5 Å². The minimum atomic E-state index is -0.415. The van der Waals surface area contributed by atoms with Gasteiger partial charge in [0.1, 0.15) is 4.53 Å². The first-order chi connectivity index (χ1) is 17.3. The van der Waals surface area contributed by atoms with Gasteiger partial charge in [-0.15, -0.1) is 5.10 Å². The number of carbonyl (C=O) groups is 1. The molecule has 0 N–H and O–H groups in total. The number of carbonyl (C=O) groups excluding carboxylic acids is 1. The zero-order valence-corrected chi connectivity index (χ0v) is 22.7. The number of anilines is 1. The predicted molar refractivity (Wildman–Crippen MR) is 147 cm³/mol. The maximum Gasteiger partial charge on any atom is 0.291 e. The van der Waals surface area contributed by atoms with Gasteiger partial charge in [-0.3, -0.25) is 9.59 Å². The van der Waals surface area contributed by atoms with E-state index in [1.165, 1.54) is 4.52 Å². The average molecular weight is 619 g/mol. The molecule has 6 rings (SSSR count). The molecule has 3 heterocycles. The fraction of sp³-hybridized carbons (Fsp3) is 0.0400. The van der Waals surface area contributed by atoms with E-state index < -0.39 is 5.56 Å². The molecule has 0 fully saturated rings. The van der Waals surface area contributed by atoms with Crippen LogP contribution in [0.5, 0.6) is 0 Å². The van der Waals surface area contributed by atoms with Gasteiger partial charge in [-0.1, -0.05) is 74.2 Å². The van der Waals surface area contributed by atoms with Crippen LogP contribution in [-0.2, 0) is 11.3 Å². The molecule has 2 aromatic heterocycles. The van der Waals surface area contributed by atoms with Gasteiger partial charge >= 0.3 is 0 Å². The lowest BCUT2D eigenvalue weighted by atomic mass is 10.1. The lowest BCUT2D eigenvalue weighted by Gasteiger charge is -2.17. The van der Waals surface area contributed by atoms with E-state index in [4.69, 9.17) is 34.8 Å². The van der Waals surface area contributed by atoms with Crippen molar-refractivity contribution in [2.24, 2.45) is 0 Å². The summed E-state index contributed by atoms with van der Waals surface area (Å²) in [4.78, 5) is 33.7. The van der Waals surface area contributed by atoms with Crippen molar-refractivity contribution in [1.29, 1.82) is 0 Å². The molecule has 0 spiro atoms. The molecule has 3 aromatic carbocycles. The van der Waals surface area contributed by atoms with Crippen molar-refractivity contribution in [2.75, 3.05) is 4.90 Å². The van der Waals surface area contributed by atoms with Crippen LogP contribution in [0.4, 0.5) is 5.69 Å². The van der Waals surface area contributed by atoms with Gasteiger partial charge < -0.3 is 4.90 Å². The molecule has 0 aliphatic carbocycles. The number of fused-ring (bicyclic) bond motifs is 2. The number of hydrogen-bond acceptors (Lipinski definition) is 5. The summed E-state index contributed by atoms with van der Waals surface area (Å²) in [6.45, 7) is 0.336. The Labute approximate surface area is 231 Å². The quantitative estimate of drug-likeness (QED) is 0.249. The monoisotopic (exact) mass is 616 g/mol. The lowest BCUT2D eigenvalue weighted by Crippen LogP contribution is -2.32. The van der Waals surface area contributed by atoms with Gasteiger partial charge in [-0.25, -0.2) is 0 Å². The topological polar surface area (TPSA) is 67.6 Å². The van der Waals surface area contributed by atoms with E-state index >= 15 is 0 Å². The van der Waals surface area contributed by atoms with Crippen molar-refractivity contribution in [1.82, 2.24) is 14.6 Å². The summed E-state index contributed by atoms with van der Waals surface area (Å²) >= 11 is 22.9. The second-order valence-electron chi connectivity index (χ2n) is 8.04. The Kier molecular flexibility index (Phi) is 5.89. The zero-order valence-electron chi connectivity index (χ0n) is 18.0. The number of thiazole rings is 1. The maximum atomic E-state index is 13.7. The molecule has 0 radical (unpaired) electrons. The number of rotatable bonds is 3. The fourth-order valence-corrected chi connectivity index (χ4v) is 6.10. The van der Waals surface area contributed by atoms with Gasteiger partial charge in [0.2, 0.25) is 4.96 Å². The van der Waals surface area contributed by atoms with Gasteiger partial charge in [-0.05, 0) is 54.1 Å². The Morgan fingerprint density at radius 3 is 2.36 bits per heavy atom. The van der Waals surface area contributed by atoms with Crippen molar-refractivity contribution in [2.45, 2.75) is 6.54 Å². The minimum Gasteiger partial charge on any atom is -0.303 e. The average Bonchev–Trinajstić information content (AvgIpc) is 3.46. The Bertz CT molecular complexity index is 1820. The second kappa shape index (κ2) is 8.97. The number of aromatic nitrogens is 3. The molecule has 0 atom stereocenters. The molecule has 6 nitrogen and oxygen atoms in total. The Morgan fingerprint density at radius 1 is 0.889 bits per heavy atom. The van der Waals surface area contributed by atoms with Crippen LogP contribution in [0, 0.1) is 0 Å². The van der Waals surface area contributed by atoms with E-state index in [9.17, 15) is 9.59 Å².